The Morgan fingerprint density at radius 2 is 1.86 bits per heavy atom. The molecule has 1 aliphatic rings. The number of halogens is 1. The predicted molar refractivity (Wildman–Crippen MR) is 92.0 cm³/mol. The van der Waals surface area contributed by atoms with Crippen LogP contribution in [0.3, 0.4) is 0 Å². The normalized spacial score (nSPS) is 16.4. The van der Waals surface area contributed by atoms with Crippen molar-refractivity contribution in [3.8, 4) is 0 Å². The van der Waals surface area contributed by atoms with Crippen molar-refractivity contribution in [3.63, 3.8) is 0 Å². The molecule has 2 rings (SSSR count). The first-order chi connectivity index (χ1) is 10.2. The molecule has 0 saturated heterocycles. The second kappa shape index (κ2) is 8.77. The van der Waals surface area contributed by atoms with Crippen LogP contribution in [-0.2, 0) is 0 Å². The summed E-state index contributed by atoms with van der Waals surface area (Å²) in [5.41, 5.74) is 1.36. The lowest BCUT2D eigenvalue weighted by atomic mass is 10.0. The van der Waals surface area contributed by atoms with E-state index in [0.29, 0.717) is 6.04 Å². The smallest absolute Gasteiger partial charge is 0.0406 e. The van der Waals surface area contributed by atoms with E-state index in [0.717, 1.165) is 17.6 Å². The molecule has 0 bridgehead atoms. The van der Waals surface area contributed by atoms with Crippen LogP contribution in [0.1, 0.15) is 57.6 Å². The molecule has 2 nitrogen and oxygen atoms in total. The van der Waals surface area contributed by atoms with Crippen LogP contribution in [0.2, 0.25) is 5.02 Å². The van der Waals surface area contributed by atoms with Gasteiger partial charge in [0.1, 0.15) is 0 Å². The van der Waals surface area contributed by atoms with Crippen LogP contribution >= 0.6 is 11.6 Å². The summed E-state index contributed by atoms with van der Waals surface area (Å²) in [7, 11) is 0. The van der Waals surface area contributed by atoms with Crippen LogP contribution in [-0.4, -0.2) is 30.6 Å². The molecule has 1 saturated carbocycles. The van der Waals surface area contributed by atoms with E-state index in [1.807, 2.05) is 12.1 Å². The molecule has 3 heteroatoms. The van der Waals surface area contributed by atoms with Crippen molar-refractivity contribution >= 4 is 11.6 Å². The Labute approximate surface area is 134 Å². The minimum atomic E-state index is 0.445. The first-order valence-electron chi connectivity index (χ1n) is 8.47. The molecule has 0 amide bonds. The van der Waals surface area contributed by atoms with Crippen molar-refractivity contribution in [1.29, 1.82) is 0 Å². The monoisotopic (exact) mass is 308 g/mol. The summed E-state index contributed by atoms with van der Waals surface area (Å²) in [5, 5.41) is 4.51. The zero-order valence-electron chi connectivity index (χ0n) is 13.4. The fraction of sp³-hybridized carbons (Fsp3) is 0.667. The van der Waals surface area contributed by atoms with Crippen LogP contribution in [0.4, 0.5) is 0 Å². The zero-order chi connectivity index (χ0) is 15.1. The van der Waals surface area contributed by atoms with Gasteiger partial charge < -0.3 is 10.2 Å². The maximum Gasteiger partial charge on any atom is 0.0406 e. The summed E-state index contributed by atoms with van der Waals surface area (Å²) < 4.78 is 0. The quantitative estimate of drug-likeness (QED) is 0.677. The first-order valence-corrected chi connectivity index (χ1v) is 8.85. The lowest BCUT2D eigenvalue weighted by molar-refractivity contribution is 0.247. The highest BCUT2D eigenvalue weighted by molar-refractivity contribution is 6.30. The predicted octanol–water partition coefficient (Wildman–Crippen LogP) is 4.65. The van der Waals surface area contributed by atoms with Gasteiger partial charge in [0.15, 0.2) is 0 Å². The Hall–Kier alpha value is -0.570. The van der Waals surface area contributed by atoms with Crippen LogP contribution in [0.15, 0.2) is 24.3 Å². The van der Waals surface area contributed by atoms with E-state index < -0.39 is 0 Å². The molecule has 1 fully saturated rings. The van der Waals surface area contributed by atoms with Crippen molar-refractivity contribution in [2.45, 2.75) is 58.0 Å². The molecule has 1 aromatic rings. The van der Waals surface area contributed by atoms with Crippen molar-refractivity contribution in [2.75, 3.05) is 19.6 Å². The van der Waals surface area contributed by atoms with Gasteiger partial charge in [0, 0.05) is 23.7 Å². The number of nitrogens with one attached hydrogen (secondary N) is 1. The number of hydrogen-bond donors (Lipinski definition) is 1. The number of hydrogen-bond acceptors (Lipinski definition) is 2. The highest BCUT2D eigenvalue weighted by atomic mass is 35.5. The van der Waals surface area contributed by atoms with Crippen LogP contribution < -0.4 is 5.32 Å². The molecule has 0 aliphatic heterocycles. The third-order valence-electron chi connectivity index (χ3n) is 4.19. The molecule has 0 spiro atoms. The van der Waals surface area contributed by atoms with Gasteiger partial charge in [0.2, 0.25) is 0 Å². The maximum absolute atomic E-state index is 6.01. The van der Waals surface area contributed by atoms with Crippen LogP contribution in [0, 0.1) is 0 Å². The topological polar surface area (TPSA) is 15.3 Å². The fourth-order valence-electron chi connectivity index (χ4n) is 2.90. The van der Waals surface area contributed by atoms with Gasteiger partial charge in [-0.25, -0.2) is 0 Å². The molecular formula is C18H29ClN2. The Morgan fingerprint density at radius 3 is 2.43 bits per heavy atom. The van der Waals surface area contributed by atoms with Gasteiger partial charge in [-0.2, -0.15) is 0 Å². The summed E-state index contributed by atoms with van der Waals surface area (Å²) in [6.07, 6.45) is 6.40. The molecule has 1 aliphatic carbocycles. The second-order valence-electron chi connectivity index (χ2n) is 6.11. The van der Waals surface area contributed by atoms with E-state index in [1.165, 1.54) is 50.8 Å². The van der Waals surface area contributed by atoms with Crippen molar-refractivity contribution < 1.29 is 0 Å². The molecule has 1 aromatic carbocycles. The van der Waals surface area contributed by atoms with Gasteiger partial charge in [-0.1, -0.05) is 37.6 Å². The van der Waals surface area contributed by atoms with E-state index >= 15 is 0 Å². The first kappa shape index (κ1) is 16.8. The van der Waals surface area contributed by atoms with E-state index in [1.54, 1.807) is 0 Å². The van der Waals surface area contributed by atoms with Gasteiger partial charge in [0.05, 0.1) is 0 Å². The standard InChI is InChI=1S/C18H29ClN2/c1-3-12-20-18(15-5-7-16(19)8-6-15)11-14-21(13-4-2)17-9-10-17/h5-8,17-18,20H,3-4,9-14H2,1-2H3. The molecule has 1 unspecified atom stereocenters. The summed E-state index contributed by atoms with van der Waals surface area (Å²) in [4.78, 5) is 2.68. The highest BCUT2D eigenvalue weighted by Crippen LogP contribution is 2.28. The van der Waals surface area contributed by atoms with Crippen molar-refractivity contribution in [1.82, 2.24) is 10.2 Å². The van der Waals surface area contributed by atoms with Crippen LogP contribution in [0.25, 0.3) is 0 Å². The van der Waals surface area contributed by atoms with E-state index in [-0.39, 0.29) is 0 Å². The van der Waals surface area contributed by atoms with Gasteiger partial charge in [0.25, 0.3) is 0 Å². The Bertz CT molecular complexity index is 400. The van der Waals surface area contributed by atoms with E-state index in [4.69, 9.17) is 11.6 Å². The zero-order valence-corrected chi connectivity index (χ0v) is 14.2. The largest absolute Gasteiger partial charge is 0.310 e. The molecule has 0 radical (unpaired) electrons. The third-order valence-corrected chi connectivity index (χ3v) is 4.44. The molecule has 1 atom stereocenters. The van der Waals surface area contributed by atoms with Crippen LogP contribution in [0.5, 0.6) is 0 Å². The summed E-state index contributed by atoms with van der Waals surface area (Å²) in [6, 6.07) is 9.64. The number of nitrogens with zero attached hydrogens (tertiary/aromatic N) is 1. The number of benzene rings is 1. The fourth-order valence-corrected chi connectivity index (χ4v) is 3.02. The Balaban J connectivity index is 1.93. The molecule has 118 valence electrons. The average molecular weight is 309 g/mol. The van der Waals surface area contributed by atoms with Gasteiger partial charge in [-0.05, 0) is 62.9 Å². The Kier molecular flexibility index (Phi) is 7.01. The number of rotatable bonds is 10. The third kappa shape index (κ3) is 5.61. The maximum atomic E-state index is 6.01. The lowest BCUT2D eigenvalue weighted by Crippen LogP contribution is -2.32. The molecule has 0 heterocycles. The van der Waals surface area contributed by atoms with Crippen molar-refractivity contribution in [2.24, 2.45) is 0 Å². The second-order valence-corrected chi connectivity index (χ2v) is 6.55. The molecular weight excluding hydrogens is 280 g/mol. The van der Waals surface area contributed by atoms with Crippen molar-refractivity contribution in [3.05, 3.63) is 34.9 Å². The lowest BCUT2D eigenvalue weighted by Gasteiger charge is -2.25. The Morgan fingerprint density at radius 1 is 1.14 bits per heavy atom. The summed E-state index contributed by atoms with van der Waals surface area (Å²) in [5.74, 6) is 0. The minimum Gasteiger partial charge on any atom is -0.310 e. The molecule has 0 aromatic heterocycles. The summed E-state index contributed by atoms with van der Waals surface area (Å²) >= 11 is 6.01. The minimum absolute atomic E-state index is 0.445. The van der Waals surface area contributed by atoms with Gasteiger partial charge in [-0.15, -0.1) is 0 Å². The van der Waals surface area contributed by atoms with E-state index in [9.17, 15) is 0 Å². The van der Waals surface area contributed by atoms with Gasteiger partial charge in [-0.3, -0.25) is 0 Å². The molecule has 1 N–H and O–H groups in total. The average Bonchev–Trinajstić information content (AvgIpc) is 3.32. The van der Waals surface area contributed by atoms with E-state index in [2.05, 4.69) is 36.2 Å². The highest BCUT2D eigenvalue weighted by Gasteiger charge is 2.28. The summed E-state index contributed by atoms with van der Waals surface area (Å²) in [6.45, 7) is 8.01. The molecule has 21 heavy (non-hydrogen) atoms. The SMILES string of the molecule is CCCNC(CCN(CCC)C1CC1)c1ccc(Cl)cc1. The van der Waals surface area contributed by atoms with Gasteiger partial charge >= 0.3 is 0 Å².